The first kappa shape index (κ1) is 12.4. The molecule has 1 saturated carbocycles. The first-order chi connectivity index (χ1) is 9.16. The highest BCUT2D eigenvalue weighted by molar-refractivity contribution is 5.43. The first-order valence-corrected chi connectivity index (χ1v) is 6.88. The van der Waals surface area contributed by atoms with E-state index in [1.165, 1.54) is 19.3 Å². The highest BCUT2D eigenvalue weighted by Crippen LogP contribution is 2.27. The van der Waals surface area contributed by atoms with Gasteiger partial charge in [-0.2, -0.15) is 9.61 Å². The minimum absolute atomic E-state index is 0.186. The Kier molecular flexibility index (Phi) is 3.14. The second-order valence-electron chi connectivity index (χ2n) is 5.61. The van der Waals surface area contributed by atoms with Crippen LogP contribution in [0.3, 0.4) is 0 Å². The molecule has 1 fully saturated rings. The number of ether oxygens (including phenoxy) is 1. The van der Waals surface area contributed by atoms with E-state index in [0.29, 0.717) is 6.61 Å². The van der Waals surface area contributed by atoms with Crippen molar-refractivity contribution >= 4 is 5.65 Å². The number of aryl methyl sites for hydroxylation is 1. The molecule has 0 aliphatic heterocycles. The highest BCUT2D eigenvalue weighted by atomic mass is 16.5. The van der Waals surface area contributed by atoms with E-state index < -0.39 is 0 Å². The minimum atomic E-state index is -0.186. The molecule has 1 aliphatic carbocycles. The van der Waals surface area contributed by atoms with E-state index in [-0.39, 0.29) is 5.54 Å². The molecule has 3 rings (SSSR count). The zero-order chi connectivity index (χ0) is 13.3. The van der Waals surface area contributed by atoms with Crippen molar-refractivity contribution in [2.75, 3.05) is 6.61 Å². The van der Waals surface area contributed by atoms with Crippen LogP contribution in [0.4, 0.5) is 0 Å². The third kappa shape index (κ3) is 2.56. The van der Waals surface area contributed by atoms with Crippen LogP contribution >= 0.6 is 0 Å². The Morgan fingerprint density at radius 1 is 1.32 bits per heavy atom. The summed E-state index contributed by atoms with van der Waals surface area (Å²) in [5.41, 5.74) is 8.13. The van der Waals surface area contributed by atoms with Gasteiger partial charge in [0.1, 0.15) is 12.9 Å². The fourth-order valence-electron chi connectivity index (χ4n) is 2.74. The predicted octanol–water partition coefficient (Wildman–Crippen LogP) is 2.08. The summed E-state index contributed by atoms with van der Waals surface area (Å²) in [6.07, 6.45) is 7.31. The van der Waals surface area contributed by atoms with Gasteiger partial charge in [-0.05, 0) is 31.4 Å². The molecule has 0 saturated heterocycles. The summed E-state index contributed by atoms with van der Waals surface area (Å²) in [5.74, 6) is 0.725. The molecule has 19 heavy (non-hydrogen) atoms. The Morgan fingerprint density at radius 3 is 2.89 bits per heavy atom. The molecule has 5 nitrogen and oxygen atoms in total. The maximum atomic E-state index is 6.39. The van der Waals surface area contributed by atoms with Crippen molar-refractivity contribution in [2.24, 2.45) is 5.73 Å². The molecule has 0 aromatic carbocycles. The molecule has 5 heteroatoms. The van der Waals surface area contributed by atoms with Crippen LogP contribution in [-0.4, -0.2) is 26.7 Å². The van der Waals surface area contributed by atoms with E-state index >= 15 is 0 Å². The molecule has 2 aromatic heterocycles. The van der Waals surface area contributed by atoms with Gasteiger partial charge in [0.2, 0.25) is 5.88 Å². The number of aromatic nitrogens is 3. The van der Waals surface area contributed by atoms with E-state index in [1.807, 2.05) is 19.1 Å². The van der Waals surface area contributed by atoms with Crippen LogP contribution in [0.1, 0.15) is 37.7 Å². The van der Waals surface area contributed by atoms with E-state index in [1.54, 1.807) is 10.8 Å². The Bertz CT molecular complexity index is 572. The van der Waals surface area contributed by atoms with Crippen LogP contribution in [0, 0.1) is 6.92 Å². The molecule has 2 aromatic rings. The van der Waals surface area contributed by atoms with Gasteiger partial charge >= 0.3 is 0 Å². The second-order valence-corrected chi connectivity index (χ2v) is 5.61. The summed E-state index contributed by atoms with van der Waals surface area (Å²) >= 11 is 0. The number of nitrogens with zero attached hydrogens (tertiary/aromatic N) is 3. The Morgan fingerprint density at radius 2 is 2.11 bits per heavy atom. The normalized spacial score (nSPS) is 18.6. The lowest BCUT2D eigenvalue weighted by Gasteiger charge is -2.32. The number of fused-ring (bicyclic) bond motifs is 1. The molecule has 0 radical (unpaired) electrons. The molecule has 1 aliphatic rings. The Labute approximate surface area is 112 Å². The second kappa shape index (κ2) is 4.81. The van der Waals surface area contributed by atoms with E-state index in [0.717, 1.165) is 29.9 Å². The number of hydrogen-bond acceptors (Lipinski definition) is 4. The molecule has 102 valence electrons. The summed E-state index contributed by atoms with van der Waals surface area (Å²) in [4.78, 5) is 4.19. The topological polar surface area (TPSA) is 65.4 Å². The molecule has 0 spiro atoms. The zero-order valence-electron chi connectivity index (χ0n) is 11.3. The number of hydrogen-bond donors (Lipinski definition) is 1. The third-order valence-electron chi connectivity index (χ3n) is 3.85. The van der Waals surface area contributed by atoms with Crippen LogP contribution in [0.5, 0.6) is 5.88 Å². The van der Waals surface area contributed by atoms with Gasteiger partial charge in [0.25, 0.3) is 0 Å². The molecular weight excluding hydrogens is 240 g/mol. The monoisotopic (exact) mass is 260 g/mol. The number of rotatable bonds is 3. The van der Waals surface area contributed by atoms with E-state index in [9.17, 15) is 0 Å². The average Bonchev–Trinajstić information content (AvgIpc) is 2.85. The molecule has 0 amide bonds. The van der Waals surface area contributed by atoms with Crippen molar-refractivity contribution in [1.29, 1.82) is 0 Å². The van der Waals surface area contributed by atoms with Crippen molar-refractivity contribution in [3.8, 4) is 5.88 Å². The first-order valence-electron chi connectivity index (χ1n) is 6.88. The lowest BCUT2D eigenvalue weighted by atomic mass is 9.83. The van der Waals surface area contributed by atoms with Crippen LogP contribution in [0.25, 0.3) is 5.65 Å². The smallest absolute Gasteiger partial charge is 0.216 e. The van der Waals surface area contributed by atoms with Crippen molar-refractivity contribution < 1.29 is 4.74 Å². The Hall–Kier alpha value is -1.62. The van der Waals surface area contributed by atoms with Crippen LogP contribution in [0.15, 0.2) is 18.5 Å². The van der Waals surface area contributed by atoms with Gasteiger partial charge in [0.05, 0.1) is 5.54 Å². The third-order valence-corrected chi connectivity index (χ3v) is 3.85. The lowest BCUT2D eigenvalue weighted by molar-refractivity contribution is 0.166. The van der Waals surface area contributed by atoms with Gasteiger partial charge in [0, 0.05) is 6.07 Å². The number of pyridine rings is 1. The molecule has 2 heterocycles. The van der Waals surface area contributed by atoms with Crippen LogP contribution in [0.2, 0.25) is 0 Å². The quantitative estimate of drug-likeness (QED) is 0.917. The van der Waals surface area contributed by atoms with Gasteiger partial charge in [0.15, 0.2) is 5.65 Å². The fraction of sp³-hybridized carbons (Fsp3) is 0.571. The Balaban J connectivity index is 1.79. The zero-order valence-corrected chi connectivity index (χ0v) is 11.3. The van der Waals surface area contributed by atoms with Gasteiger partial charge in [-0.3, -0.25) is 0 Å². The minimum Gasteiger partial charge on any atom is -0.476 e. The van der Waals surface area contributed by atoms with Gasteiger partial charge in [-0.15, -0.1) is 0 Å². The van der Waals surface area contributed by atoms with Gasteiger partial charge in [-0.1, -0.05) is 19.3 Å². The van der Waals surface area contributed by atoms with Crippen molar-refractivity contribution in [2.45, 2.75) is 44.6 Å². The maximum Gasteiger partial charge on any atom is 0.216 e. The maximum absolute atomic E-state index is 6.39. The molecule has 2 N–H and O–H groups in total. The summed E-state index contributed by atoms with van der Waals surface area (Å²) in [5, 5.41) is 4.19. The predicted molar refractivity (Wildman–Crippen MR) is 73.2 cm³/mol. The molecule has 0 atom stereocenters. The van der Waals surface area contributed by atoms with Crippen LogP contribution < -0.4 is 10.5 Å². The lowest BCUT2D eigenvalue weighted by Crippen LogP contribution is -2.47. The molecule has 0 unspecified atom stereocenters. The summed E-state index contributed by atoms with van der Waals surface area (Å²) < 4.78 is 7.66. The fourth-order valence-corrected chi connectivity index (χ4v) is 2.74. The molecule has 0 bridgehead atoms. The average molecular weight is 260 g/mol. The highest BCUT2D eigenvalue weighted by Gasteiger charge is 2.28. The summed E-state index contributed by atoms with van der Waals surface area (Å²) in [6.45, 7) is 2.58. The van der Waals surface area contributed by atoms with E-state index in [2.05, 4.69) is 10.1 Å². The van der Waals surface area contributed by atoms with Gasteiger partial charge in [-0.25, -0.2) is 4.98 Å². The summed E-state index contributed by atoms with van der Waals surface area (Å²) in [7, 11) is 0. The molecular formula is C14H20N4O. The van der Waals surface area contributed by atoms with Crippen molar-refractivity contribution in [3.05, 3.63) is 24.0 Å². The SMILES string of the molecule is Cc1cc(OCC2(N)CCCCC2)n2ncnc2c1. The standard InChI is InChI=1S/C14H20N4O/c1-11-7-12-16-10-17-18(12)13(8-11)19-9-14(15)5-3-2-4-6-14/h7-8,10H,2-6,9,15H2,1H3. The van der Waals surface area contributed by atoms with Crippen molar-refractivity contribution in [1.82, 2.24) is 14.6 Å². The van der Waals surface area contributed by atoms with E-state index in [4.69, 9.17) is 10.5 Å². The number of nitrogens with two attached hydrogens (primary N) is 1. The van der Waals surface area contributed by atoms with Gasteiger partial charge < -0.3 is 10.5 Å². The summed E-state index contributed by atoms with van der Waals surface area (Å²) in [6, 6.07) is 3.96. The van der Waals surface area contributed by atoms with Crippen LogP contribution in [-0.2, 0) is 0 Å². The largest absolute Gasteiger partial charge is 0.476 e. The van der Waals surface area contributed by atoms with Crippen molar-refractivity contribution in [3.63, 3.8) is 0 Å².